The van der Waals surface area contributed by atoms with E-state index in [1.165, 1.54) is 0 Å². The molecule has 1 aromatic rings. The minimum Gasteiger partial charge on any atom is -0.383 e. The SMILES string of the molecule is Cc1cc(CBr)cnc1N. The molecule has 10 heavy (non-hydrogen) atoms. The highest BCUT2D eigenvalue weighted by molar-refractivity contribution is 9.08. The Balaban J connectivity index is 3.04. The van der Waals surface area contributed by atoms with Gasteiger partial charge in [0.2, 0.25) is 0 Å². The summed E-state index contributed by atoms with van der Waals surface area (Å²) in [4.78, 5) is 4.00. The average molecular weight is 201 g/mol. The zero-order valence-electron chi connectivity index (χ0n) is 5.76. The Hall–Kier alpha value is -0.570. The number of hydrogen-bond acceptors (Lipinski definition) is 2. The van der Waals surface area contributed by atoms with E-state index in [1.807, 2.05) is 13.0 Å². The number of aromatic nitrogens is 1. The van der Waals surface area contributed by atoms with E-state index < -0.39 is 0 Å². The Kier molecular flexibility index (Phi) is 2.27. The minimum absolute atomic E-state index is 0.615. The molecule has 0 atom stereocenters. The first-order valence-corrected chi connectivity index (χ1v) is 4.13. The number of halogens is 1. The molecule has 2 N–H and O–H groups in total. The van der Waals surface area contributed by atoms with Crippen LogP contribution in [0.1, 0.15) is 11.1 Å². The summed E-state index contributed by atoms with van der Waals surface area (Å²) in [6.45, 7) is 1.95. The number of nitrogen functional groups attached to an aromatic ring is 1. The van der Waals surface area contributed by atoms with Crippen molar-refractivity contribution in [2.45, 2.75) is 12.3 Å². The smallest absolute Gasteiger partial charge is 0.126 e. The second-order valence-electron chi connectivity index (χ2n) is 2.18. The second-order valence-corrected chi connectivity index (χ2v) is 2.74. The first-order chi connectivity index (χ1) is 4.74. The molecule has 1 heterocycles. The molecule has 0 radical (unpaired) electrons. The lowest BCUT2D eigenvalue weighted by Crippen LogP contribution is -1.94. The molecule has 0 spiro atoms. The molecule has 54 valence electrons. The van der Waals surface area contributed by atoms with Gasteiger partial charge in [-0.2, -0.15) is 0 Å². The van der Waals surface area contributed by atoms with Crippen molar-refractivity contribution in [1.82, 2.24) is 4.98 Å². The number of alkyl halides is 1. The Morgan fingerprint density at radius 1 is 1.70 bits per heavy atom. The van der Waals surface area contributed by atoms with Gasteiger partial charge >= 0.3 is 0 Å². The van der Waals surface area contributed by atoms with E-state index in [0.717, 1.165) is 16.5 Å². The summed E-state index contributed by atoms with van der Waals surface area (Å²) in [5.74, 6) is 0.615. The van der Waals surface area contributed by atoms with Gasteiger partial charge in [-0.15, -0.1) is 0 Å². The van der Waals surface area contributed by atoms with Crippen LogP contribution >= 0.6 is 15.9 Å². The summed E-state index contributed by atoms with van der Waals surface area (Å²) in [5, 5.41) is 0.834. The van der Waals surface area contributed by atoms with Crippen molar-refractivity contribution in [3.63, 3.8) is 0 Å². The second kappa shape index (κ2) is 3.01. The van der Waals surface area contributed by atoms with Gasteiger partial charge in [-0.1, -0.05) is 22.0 Å². The summed E-state index contributed by atoms with van der Waals surface area (Å²) < 4.78 is 0. The van der Waals surface area contributed by atoms with E-state index in [0.29, 0.717) is 5.82 Å². The molecular formula is C7H9BrN2. The zero-order chi connectivity index (χ0) is 7.56. The van der Waals surface area contributed by atoms with Gasteiger partial charge in [-0.25, -0.2) is 4.98 Å². The average Bonchev–Trinajstić information content (AvgIpc) is 1.95. The van der Waals surface area contributed by atoms with Crippen LogP contribution in [0.25, 0.3) is 0 Å². The molecule has 1 aromatic heterocycles. The lowest BCUT2D eigenvalue weighted by atomic mass is 10.2. The molecule has 0 aromatic carbocycles. The number of anilines is 1. The maximum Gasteiger partial charge on any atom is 0.126 e. The van der Waals surface area contributed by atoms with Crippen molar-refractivity contribution in [3.8, 4) is 0 Å². The highest BCUT2D eigenvalue weighted by atomic mass is 79.9. The van der Waals surface area contributed by atoms with E-state index in [4.69, 9.17) is 5.73 Å². The lowest BCUT2D eigenvalue weighted by molar-refractivity contribution is 1.22. The van der Waals surface area contributed by atoms with Gasteiger partial charge in [0.1, 0.15) is 5.82 Å². The molecule has 0 aliphatic carbocycles. The van der Waals surface area contributed by atoms with Crippen molar-refractivity contribution >= 4 is 21.7 Å². The van der Waals surface area contributed by atoms with Crippen LogP contribution in [-0.4, -0.2) is 4.98 Å². The Morgan fingerprint density at radius 3 is 2.90 bits per heavy atom. The highest BCUT2D eigenvalue weighted by Gasteiger charge is 1.94. The highest BCUT2D eigenvalue weighted by Crippen LogP contribution is 2.10. The summed E-state index contributed by atoms with van der Waals surface area (Å²) in [6.07, 6.45) is 1.77. The molecule has 3 heteroatoms. The standard InChI is InChI=1S/C7H9BrN2/c1-5-2-6(3-8)4-10-7(5)9/h2,4H,3H2,1H3,(H2,9,10). The van der Waals surface area contributed by atoms with Gasteiger partial charge in [-0.3, -0.25) is 0 Å². The van der Waals surface area contributed by atoms with Gasteiger partial charge in [0, 0.05) is 11.5 Å². The fraction of sp³-hybridized carbons (Fsp3) is 0.286. The zero-order valence-corrected chi connectivity index (χ0v) is 7.35. The molecule has 1 rings (SSSR count). The van der Waals surface area contributed by atoms with Gasteiger partial charge in [-0.05, 0) is 18.1 Å². The third-order valence-corrected chi connectivity index (χ3v) is 1.98. The predicted molar refractivity (Wildman–Crippen MR) is 46.0 cm³/mol. The number of aryl methyl sites for hydroxylation is 1. The van der Waals surface area contributed by atoms with Gasteiger partial charge in [0.15, 0.2) is 0 Å². The monoisotopic (exact) mass is 200 g/mol. The number of pyridine rings is 1. The molecule has 0 aliphatic rings. The third-order valence-electron chi connectivity index (χ3n) is 1.33. The quantitative estimate of drug-likeness (QED) is 0.704. The van der Waals surface area contributed by atoms with Crippen molar-refractivity contribution in [1.29, 1.82) is 0 Å². The van der Waals surface area contributed by atoms with Crippen molar-refractivity contribution in [2.75, 3.05) is 5.73 Å². The Labute approximate surface area is 68.6 Å². The van der Waals surface area contributed by atoms with E-state index in [1.54, 1.807) is 6.20 Å². The van der Waals surface area contributed by atoms with Crippen LogP contribution in [0.5, 0.6) is 0 Å². The van der Waals surface area contributed by atoms with E-state index in [-0.39, 0.29) is 0 Å². The largest absolute Gasteiger partial charge is 0.383 e. The number of hydrogen-bond donors (Lipinski definition) is 1. The Morgan fingerprint density at radius 2 is 2.40 bits per heavy atom. The summed E-state index contributed by atoms with van der Waals surface area (Å²) >= 11 is 3.34. The molecule has 0 saturated heterocycles. The van der Waals surface area contributed by atoms with Crippen molar-refractivity contribution < 1.29 is 0 Å². The molecule has 2 nitrogen and oxygen atoms in total. The summed E-state index contributed by atoms with van der Waals surface area (Å²) in [5.41, 5.74) is 7.71. The molecule has 0 aliphatic heterocycles. The molecule has 0 amide bonds. The van der Waals surface area contributed by atoms with Crippen molar-refractivity contribution in [3.05, 3.63) is 23.4 Å². The molecule has 0 fully saturated rings. The predicted octanol–water partition coefficient (Wildman–Crippen LogP) is 1.87. The van der Waals surface area contributed by atoms with Crippen LogP contribution in [0.15, 0.2) is 12.3 Å². The van der Waals surface area contributed by atoms with Gasteiger partial charge in [0.05, 0.1) is 0 Å². The number of rotatable bonds is 1. The molecule has 0 bridgehead atoms. The first kappa shape index (κ1) is 7.54. The molecule has 0 unspecified atom stereocenters. The summed E-state index contributed by atoms with van der Waals surface area (Å²) in [7, 11) is 0. The Bertz CT molecular complexity index is 235. The van der Waals surface area contributed by atoms with Crippen LogP contribution in [0.3, 0.4) is 0 Å². The van der Waals surface area contributed by atoms with Crippen LogP contribution < -0.4 is 5.73 Å². The van der Waals surface area contributed by atoms with E-state index >= 15 is 0 Å². The van der Waals surface area contributed by atoms with E-state index in [9.17, 15) is 0 Å². The number of nitrogens with two attached hydrogens (primary N) is 1. The fourth-order valence-electron chi connectivity index (χ4n) is 0.717. The van der Waals surface area contributed by atoms with Crippen LogP contribution in [0.2, 0.25) is 0 Å². The molecule has 0 saturated carbocycles. The molecular weight excluding hydrogens is 192 g/mol. The maximum atomic E-state index is 5.52. The van der Waals surface area contributed by atoms with Crippen molar-refractivity contribution in [2.24, 2.45) is 0 Å². The van der Waals surface area contributed by atoms with Crippen LogP contribution in [0.4, 0.5) is 5.82 Å². The van der Waals surface area contributed by atoms with E-state index in [2.05, 4.69) is 20.9 Å². The third kappa shape index (κ3) is 1.48. The van der Waals surface area contributed by atoms with Gasteiger partial charge < -0.3 is 5.73 Å². The summed E-state index contributed by atoms with van der Waals surface area (Å²) in [6, 6.07) is 2.02. The number of nitrogens with zero attached hydrogens (tertiary/aromatic N) is 1. The topological polar surface area (TPSA) is 38.9 Å². The van der Waals surface area contributed by atoms with Gasteiger partial charge in [0.25, 0.3) is 0 Å². The maximum absolute atomic E-state index is 5.52. The van der Waals surface area contributed by atoms with Crippen LogP contribution in [0, 0.1) is 6.92 Å². The van der Waals surface area contributed by atoms with Crippen LogP contribution in [-0.2, 0) is 5.33 Å². The normalized spacial score (nSPS) is 9.80. The lowest BCUT2D eigenvalue weighted by Gasteiger charge is -1.99. The fourth-order valence-corrected chi connectivity index (χ4v) is 1.02. The minimum atomic E-state index is 0.615. The first-order valence-electron chi connectivity index (χ1n) is 3.01.